The molecule has 1 heterocycles. The van der Waals surface area contributed by atoms with E-state index in [2.05, 4.69) is 4.90 Å². The third-order valence-electron chi connectivity index (χ3n) is 4.24. The number of nitro benzene ring substituents is 1. The number of rotatable bonds is 3. The van der Waals surface area contributed by atoms with Crippen LogP contribution in [0.25, 0.3) is 0 Å². The van der Waals surface area contributed by atoms with E-state index in [4.69, 9.17) is 4.74 Å². The Balaban J connectivity index is 1.84. The van der Waals surface area contributed by atoms with Gasteiger partial charge in [0.1, 0.15) is 11.9 Å². The van der Waals surface area contributed by atoms with E-state index < -0.39 is 0 Å². The van der Waals surface area contributed by atoms with Crippen LogP contribution in [0.5, 0.6) is 0 Å². The van der Waals surface area contributed by atoms with E-state index in [0.29, 0.717) is 18.7 Å². The molecule has 0 radical (unpaired) electrons. The van der Waals surface area contributed by atoms with E-state index in [1.807, 2.05) is 13.0 Å². The molecule has 0 bridgehead atoms. The highest BCUT2D eigenvalue weighted by atomic mass is 19.1. The third kappa shape index (κ3) is 3.38. The van der Waals surface area contributed by atoms with Crippen molar-refractivity contribution in [3.05, 3.63) is 69.5 Å². The van der Waals surface area contributed by atoms with Crippen molar-refractivity contribution in [3.8, 4) is 0 Å². The molecular weight excluding hydrogens is 311 g/mol. The Morgan fingerprint density at radius 3 is 2.54 bits per heavy atom. The number of nitrogens with zero attached hydrogens (tertiary/aromatic N) is 2. The Labute approximate surface area is 139 Å². The van der Waals surface area contributed by atoms with E-state index in [0.717, 1.165) is 11.3 Å². The zero-order valence-electron chi connectivity index (χ0n) is 13.6. The first kappa shape index (κ1) is 16.4. The average molecular weight is 330 g/mol. The third-order valence-corrected chi connectivity index (χ3v) is 4.24. The molecular formula is C18H19FN2O3. The fourth-order valence-electron chi connectivity index (χ4n) is 3.06. The van der Waals surface area contributed by atoms with Crippen LogP contribution in [-0.4, -0.2) is 24.1 Å². The minimum Gasteiger partial charge on any atom is -0.367 e. The molecule has 5 nitrogen and oxygen atoms in total. The van der Waals surface area contributed by atoms with Gasteiger partial charge in [-0.15, -0.1) is 0 Å². The Hall–Kier alpha value is -2.47. The van der Waals surface area contributed by atoms with Gasteiger partial charge in [-0.05, 0) is 43.7 Å². The smallest absolute Gasteiger partial charge is 0.272 e. The average Bonchev–Trinajstić information content (AvgIpc) is 2.54. The van der Waals surface area contributed by atoms with Crippen molar-refractivity contribution in [1.82, 2.24) is 0 Å². The van der Waals surface area contributed by atoms with E-state index in [9.17, 15) is 14.5 Å². The Morgan fingerprint density at radius 2 is 1.92 bits per heavy atom. The molecule has 3 rings (SSSR count). The van der Waals surface area contributed by atoms with Crippen LogP contribution in [0.1, 0.15) is 24.2 Å². The molecule has 2 aromatic carbocycles. The molecule has 0 amide bonds. The number of ether oxygens (including phenoxy) is 1. The molecule has 0 spiro atoms. The first-order valence-corrected chi connectivity index (χ1v) is 7.85. The monoisotopic (exact) mass is 330 g/mol. The maximum absolute atomic E-state index is 13.1. The van der Waals surface area contributed by atoms with Crippen molar-refractivity contribution >= 4 is 11.4 Å². The Morgan fingerprint density at radius 1 is 1.21 bits per heavy atom. The van der Waals surface area contributed by atoms with Gasteiger partial charge < -0.3 is 9.64 Å². The highest BCUT2D eigenvalue weighted by Crippen LogP contribution is 2.31. The largest absolute Gasteiger partial charge is 0.367 e. The lowest BCUT2D eigenvalue weighted by Crippen LogP contribution is -2.43. The Kier molecular flexibility index (Phi) is 4.49. The van der Waals surface area contributed by atoms with Crippen molar-refractivity contribution < 1.29 is 14.1 Å². The maximum Gasteiger partial charge on any atom is 0.272 e. The lowest BCUT2D eigenvalue weighted by molar-refractivity contribution is -0.385. The minimum absolute atomic E-state index is 0.00398. The summed E-state index contributed by atoms with van der Waals surface area (Å²) in [5.41, 5.74) is 2.61. The molecule has 0 aromatic heterocycles. The molecule has 0 saturated carbocycles. The van der Waals surface area contributed by atoms with Crippen molar-refractivity contribution in [2.45, 2.75) is 26.1 Å². The second-order valence-corrected chi connectivity index (χ2v) is 6.12. The van der Waals surface area contributed by atoms with Crippen LogP contribution in [0.15, 0.2) is 42.5 Å². The quantitative estimate of drug-likeness (QED) is 0.630. The standard InChI is InChI=1S/C18H19FN2O3/c1-12-9-16(7-8-17(12)21(22)23)20-10-13(2)24-18(11-20)14-3-5-15(19)6-4-14/h3-9,13,18H,10-11H2,1-2H3. The molecule has 24 heavy (non-hydrogen) atoms. The van der Waals surface area contributed by atoms with Crippen LogP contribution in [0.2, 0.25) is 0 Å². The van der Waals surface area contributed by atoms with Gasteiger partial charge in [0, 0.05) is 30.4 Å². The Bertz CT molecular complexity index is 748. The van der Waals surface area contributed by atoms with Gasteiger partial charge in [-0.1, -0.05) is 12.1 Å². The summed E-state index contributed by atoms with van der Waals surface area (Å²) in [5, 5.41) is 11.0. The SMILES string of the molecule is Cc1cc(N2CC(C)OC(c3ccc(F)cc3)C2)ccc1[N+](=O)[O-]. The van der Waals surface area contributed by atoms with Gasteiger partial charge in [-0.3, -0.25) is 10.1 Å². The van der Waals surface area contributed by atoms with Gasteiger partial charge in [0.15, 0.2) is 0 Å². The predicted octanol–water partition coefficient (Wildman–Crippen LogP) is 4.01. The van der Waals surface area contributed by atoms with Gasteiger partial charge in [-0.25, -0.2) is 4.39 Å². The van der Waals surface area contributed by atoms with Crippen molar-refractivity contribution in [3.63, 3.8) is 0 Å². The molecule has 2 atom stereocenters. The molecule has 1 aliphatic heterocycles. The van der Waals surface area contributed by atoms with Gasteiger partial charge >= 0.3 is 0 Å². The summed E-state index contributed by atoms with van der Waals surface area (Å²) in [6.07, 6.45) is -0.158. The second-order valence-electron chi connectivity index (χ2n) is 6.12. The lowest BCUT2D eigenvalue weighted by atomic mass is 10.1. The van der Waals surface area contributed by atoms with Crippen LogP contribution < -0.4 is 4.90 Å². The fraction of sp³-hybridized carbons (Fsp3) is 0.333. The molecule has 2 unspecified atom stereocenters. The number of anilines is 1. The summed E-state index contributed by atoms with van der Waals surface area (Å²) in [6.45, 7) is 5.05. The summed E-state index contributed by atoms with van der Waals surface area (Å²) in [7, 11) is 0. The van der Waals surface area contributed by atoms with E-state index in [1.54, 1.807) is 25.1 Å². The van der Waals surface area contributed by atoms with Gasteiger partial charge in [-0.2, -0.15) is 0 Å². The summed E-state index contributed by atoms with van der Waals surface area (Å²) in [4.78, 5) is 12.7. The first-order chi connectivity index (χ1) is 11.4. The molecule has 2 aromatic rings. The van der Waals surface area contributed by atoms with E-state index in [-0.39, 0.29) is 28.6 Å². The minimum atomic E-state index is -0.373. The molecule has 0 N–H and O–H groups in total. The fourth-order valence-corrected chi connectivity index (χ4v) is 3.06. The van der Waals surface area contributed by atoms with Gasteiger partial charge in [0.05, 0.1) is 11.0 Å². The van der Waals surface area contributed by atoms with E-state index in [1.165, 1.54) is 18.2 Å². The maximum atomic E-state index is 13.1. The molecule has 0 aliphatic carbocycles. The van der Waals surface area contributed by atoms with E-state index >= 15 is 0 Å². The number of morpholine rings is 1. The summed E-state index contributed by atoms with van der Waals surface area (Å²) < 4.78 is 19.1. The van der Waals surface area contributed by atoms with Crippen LogP contribution in [-0.2, 0) is 4.74 Å². The van der Waals surface area contributed by atoms with Crippen LogP contribution in [0.4, 0.5) is 15.8 Å². The van der Waals surface area contributed by atoms with Crippen LogP contribution in [0.3, 0.4) is 0 Å². The molecule has 6 heteroatoms. The topological polar surface area (TPSA) is 55.6 Å². The van der Waals surface area contributed by atoms with Crippen molar-refractivity contribution in [2.24, 2.45) is 0 Å². The number of benzene rings is 2. The predicted molar refractivity (Wildman–Crippen MR) is 89.7 cm³/mol. The number of aryl methyl sites for hydroxylation is 1. The second kappa shape index (κ2) is 6.57. The number of hydrogen-bond donors (Lipinski definition) is 0. The lowest BCUT2D eigenvalue weighted by Gasteiger charge is -2.38. The zero-order valence-corrected chi connectivity index (χ0v) is 13.6. The summed E-state index contributed by atoms with van der Waals surface area (Å²) >= 11 is 0. The summed E-state index contributed by atoms with van der Waals surface area (Å²) in [5.74, 6) is -0.273. The molecule has 1 fully saturated rings. The number of halogens is 1. The summed E-state index contributed by atoms with van der Waals surface area (Å²) in [6, 6.07) is 11.5. The van der Waals surface area contributed by atoms with Crippen molar-refractivity contribution in [1.29, 1.82) is 0 Å². The van der Waals surface area contributed by atoms with Gasteiger partial charge in [0.25, 0.3) is 5.69 Å². The number of hydrogen-bond acceptors (Lipinski definition) is 4. The van der Waals surface area contributed by atoms with Crippen molar-refractivity contribution in [2.75, 3.05) is 18.0 Å². The first-order valence-electron chi connectivity index (χ1n) is 7.85. The zero-order chi connectivity index (χ0) is 17.3. The molecule has 1 aliphatic rings. The normalized spacial score (nSPS) is 20.9. The van der Waals surface area contributed by atoms with Crippen LogP contribution >= 0.6 is 0 Å². The van der Waals surface area contributed by atoms with Gasteiger partial charge in [0.2, 0.25) is 0 Å². The highest BCUT2D eigenvalue weighted by molar-refractivity contribution is 5.55. The number of nitro groups is 1. The highest BCUT2D eigenvalue weighted by Gasteiger charge is 2.27. The van der Waals surface area contributed by atoms with Crippen LogP contribution in [0, 0.1) is 22.9 Å². The molecule has 126 valence electrons. The molecule has 1 saturated heterocycles.